The number of ether oxygens (including phenoxy) is 2. The van der Waals surface area contributed by atoms with Crippen molar-refractivity contribution < 1.29 is 14.3 Å². The fourth-order valence-electron chi connectivity index (χ4n) is 2.09. The molecule has 0 aliphatic heterocycles. The van der Waals surface area contributed by atoms with Crippen LogP contribution in [0.15, 0.2) is 42.7 Å². The second-order valence-corrected chi connectivity index (χ2v) is 4.55. The molecule has 0 N–H and O–H groups in total. The number of aromatic nitrogens is 1. The predicted octanol–water partition coefficient (Wildman–Crippen LogP) is 2.37. The molecule has 0 aliphatic carbocycles. The summed E-state index contributed by atoms with van der Waals surface area (Å²) in [6.45, 7) is 0.489. The quantitative estimate of drug-likeness (QED) is 0.846. The maximum absolute atomic E-state index is 12.7. The summed E-state index contributed by atoms with van der Waals surface area (Å²) in [7, 11) is 4.82. The Kier molecular flexibility index (Phi) is 4.77. The van der Waals surface area contributed by atoms with E-state index in [0.29, 0.717) is 23.6 Å². The number of pyridine rings is 1. The highest BCUT2D eigenvalue weighted by molar-refractivity contribution is 5.99. The molecule has 5 nitrogen and oxygen atoms in total. The number of methoxy groups -OCH3 is 2. The largest absolute Gasteiger partial charge is 0.496 e. The molecule has 0 bridgehead atoms. The molecule has 110 valence electrons. The first-order valence-electron chi connectivity index (χ1n) is 6.52. The van der Waals surface area contributed by atoms with Crippen molar-refractivity contribution in [2.45, 2.75) is 6.54 Å². The van der Waals surface area contributed by atoms with Crippen molar-refractivity contribution in [1.82, 2.24) is 9.88 Å². The Hall–Kier alpha value is -2.56. The highest BCUT2D eigenvalue weighted by atomic mass is 16.5. The zero-order valence-electron chi connectivity index (χ0n) is 12.4. The van der Waals surface area contributed by atoms with Crippen LogP contribution in [-0.4, -0.2) is 37.1 Å². The van der Waals surface area contributed by atoms with Crippen LogP contribution in [0.2, 0.25) is 0 Å². The Morgan fingerprint density at radius 2 is 1.67 bits per heavy atom. The molecular weight excluding hydrogens is 268 g/mol. The molecule has 1 heterocycles. The minimum atomic E-state index is -0.152. The maximum Gasteiger partial charge on any atom is 0.261 e. The number of carbonyl (C=O) groups excluding carboxylic acids is 1. The number of amides is 1. The van der Waals surface area contributed by atoms with Crippen molar-refractivity contribution in [3.63, 3.8) is 0 Å². The van der Waals surface area contributed by atoms with Gasteiger partial charge in [0.25, 0.3) is 5.91 Å². The lowest BCUT2D eigenvalue weighted by atomic mass is 10.1. The Labute approximate surface area is 124 Å². The highest BCUT2D eigenvalue weighted by Crippen LogP contribution is 2.29. The molecule has 0 saturated carbocycles. The van der Waals surface area contributed by atoms with E-state index in [2.05, 4.69) is 4.98 Å². The van der Waals surface area contributed by atoms with Gasteiger partial charge in [-0.1, -0.05) is 6.07 Å². The highest BCUT2D eigenvalue weighted by Gasteiger charge is 2.21. The second-order valence-electron chi connectivity index (χ2n) is 4.55. The van der Waals surface area contributed by atoms with E-state index in [1.165, 1.54) is 14.2 Å². The monoisotopic (exact) mass is 286 g/mol. The first-order chi connectivity index (χ1) is 10.2. The summed E-state index contributed by atoms with van der Waals surface area (Å²) < 4.78 is 10.5. The lowest BCUT2D eigenvalue weighted by molar-refractivity contribution is 0.0778. The van der Waals surface area contributed by atoms with Crippen molar-refractivity contribution >= 4 is 5.91 Å². The van der Waals surface area contributed by atoms with Crippen LogP contribution in [-0.2, 0) is 6.54 Å². The van der Waals surface area contributed by atoms with Crippen LogP contribution >= 0.6 is 0 Å². The van der Waals surface area contributed by atoms with Gasteiger partial charge in [0.15, 0.2) is 0 Å². The number of hydrogen-bond acceptors (Lipinski definition) is 4. The summed E-state index contributed by atoms with van der Waals surface area (Å²) in [4.78, 5) is 18.2. The SMILES string of the molecule is COc1cccc(OC)c1C(=O)N(C)Cc1ccncc1. The number of rotatable bonds is 5. The van der Waals surface area contributed by atoms with E-state index >= 15 is 0 Å². The van der Waals surface area contributed by atoms with Gasteiger partial charge in [0.2, 0.25) is 0 Å². The van der Waals surface area contributed by atoms with Gasteiger partial charge in [-0.2, -0.15) is 0 Å². The molecule has 2 aromatic rings. The summed E-state index contributed by atoms with van der Waals surface area (Å²) >= 11 is 0. The molecule has 0 unspecified atom stereocenters. The lowest BCUT2D eigenvalue weighted by Crippen LogP contribution is -2.27. The fraction of sp³-hybridized carbons (Fsp3) is 0.250. The van der Waals surface area contributed by atoms with Crippen LogP contribution in [0.5, 0.6) is 11.5 Å². The summed E-state index contributed by atoms with van der Waals surface area (Å²) in [6, 6.07) is 9.04. The molecule has 0 saturated heterocycles. The average Bonchev–Trinajstić information content (AvgIpc) is 2.54. The van der Waals surface area contributed by atoms with Gasteiger partial charge in [-0.3, -0.25) is 9.78 Å². The number of benzene rings is 1. The number of carbonyl (C=O) groups is 1. The van der Waals surface area contributed by atoms with Gasteiger partial charge >= 0.3 is 0 Å². The predicted molar refractivity (Wildman–Crippen MR) is 79.6 cm³/mol. The standard InChI is InChI=1S/C16H18N2O3/c1-18(11-12-7-9-17-10-8-12)16(19)15-13(20-2)5-4-6-14(15)21-3/h4-10H,11H2,1-3H3. The molecule has 0 spiro atoms. The van der Waals surface area contributed by atoms with Crippen LogP contribution in [0.1, 0.15) is 15.9 Å². The van der Waals surface area contributed by atoms with E-state index in [9.17, 15) is 4.79 Å². The van der Waals surface area contributed by atoms with Crippen molar-refractivity contribution in [1.29, 1.82) is 0 Å². The third-order valence-electron chi connectivity index (χ3n) is 3.16. The van der Waals surface area contributed by atoms with Crippen LogP contribution in [0.3, 0.4) is 0 Å². The van der Waals surface area contributed by atoms with E-state index in [4.69, 9.17) is 9.47 Å². The Morgan fingerprint density at radius 1 is 1.10 bits per heavy atom. The van der Waals surface area contributed by atoms with Gasteiger partial charge in [0.1, 0.15) is 17.1 Å². The maximum atomic E-state index is 12.7. The normalized spacial score (nSPS) is 10.0. The van der Waals surface area contributed by atoms with Gasteiger partial charge in [-0.05, 0) is 29.8 Å². The molecule has 1 aromatic carbocycles. The number of nitrogens with zero attached hydrogens (tertiary/aromatic N) is 2. The molecule has 1 aromatic heterocycles. The molecule has 0 fully saturated rings. The molecule has 1 amide bonds. The van der Waals surface area contributed by atoms with Gasteiger partial charge in [-0.25, -0.2) is 0 Å². The van der Waals surface area contributed by atoms with E-state index in [-0.39, 0.29) is 5.91 Å². The summed E-state index contributed by atoms with van der Waals surface area (Å²) in [5.41, 5.74) is 1.44. The van der Waals surface area contributed by atoms with Crippen LogP contribution < -0.4 is 9.47 Å². The second kappa shape index (κ2) is 6.74. The third-order valence-corrected chi connectivity index (χ3v) is 3.16. The minimum Gasteiger partial charge on any atom is -0.496 e. The molecule has 0 atom stereocenters. The topological polar surface area (TPSA) is 51.7 Å². The fourth-order valence-corrected chi connectivity index (χ4v) is 2.09. The molecular formula is C16H18N2O3. The van der Waals surface area contributed by atoms with Crippen molar-refractivity contribution in [3.05, 3.63) is 53.9 Å². The molecule has 21 heavy (non-hydrogen) atoms. The van der Waals surface area contributed by atoms with Crippen molar-refractivity contribution in [3.8, 4) is 11.5 Å². The first kappa shape index (κ1) is 14.8. The minimum absolute atomic E-state index is 0.152. The zero-order valence-corrected chi connectivity index (χ0v) is 12.4. The molecule has 2 rings (SSSR count). The Morgan fingerprint density at radius 3 is 2.19 bits per heavy atom. The van der Waals surface area contributed by atoms with Crippen molar-refractivity contribution in [2.24, 2.45) is 0 Å². The van der Waals surface area contributed by atoms with Crippen molar-refractivity contribution in [2.75, 3.05) is 21.3 Å². The molecule has 0 radical (unpaired) electrons. The smallest absolute Gasteiger partial charge is 0.261 e. The van der Waals surface area contributed by atoms with Crippen LogP contribution in [0.25, 0.3) is 0 Å². The Balaban J connectivity index is 2.27. The summed E-state index contributed by atoms with van der Waals surface area (Å²) in [5.74, 6) is 0.850. The third kappa shape index (κ3) is 3.31. The molecule has 5 heteroatoms. The van der Waals surface area contributed by atoms with Crippen LogP contribution in [0.4, 0.5) is 0 Å². The van der Waals surface area contributed by atoms with E-state index in [0.717, 1.165) is 5.56 Å². The Bertz CT molecular complexity index is 592. The number of hydrogen-bond donors (Lipinski definition) is 0. The first-order valence-corrected chi connectivity index (χ1v) is 6.52. The van der Waals surface area contributed by atoms with Gasteiger partial charge in [-0.15, -0.1) is 0 Å². The van der Waals surface area contributed by atoms with Gasteiger partial charge in [0.05, 0.1) is 14.2 Å². The van der Waals surface area contributed by atoms with E-state index in [1.54, 1.807) is 42.5 Å². The average molecular weight is 286 g/mol. The zero-order chi connectivity index (χ0) is 15.2. The van der Waals surface area contributed by atoms with Gasteiger partial charge in [0, 0.05) is 26.0 Å². The summed E-state index contributed by atoms with van der Waals surface area (Å²) in [6.07, 6.45) is 3.41. The van der Waals surface area contributed by atoms with E-state index in [1.807, 2.05) is 12.1 Å². The van der Waals surface area contributed by atoms with Crippen LogP contribution in [0, 0.1) is 0 Å². The lowest BCUT2D eigenvalue weighted by Gasteiger charge is -2.20. The summed E-state index contributed by atoms with van der Waals surface area (Å²) in [5, 5.41) is 0. The molecule has 0 aliphatic rings. The van der Waals surface area contributed by atoms with E-state index < -0.39 is 0 Å². The van der Waals surface area contributed by atoms with Gasteiger partial charge < -0.3 is 14.4 Å².